The molecule has 4 rings (SSSR count). The number of ether oxygens (including phenoxy) is 1. The highest BCUT2D eigenvalue weighted by Crippen LogP contribution is 2.24. The zero-order valence-corrected chi connectivity index (χ0v) is 17.7. The molecule has 2 aliphatic heterocycles. The first-order valence-electron chi connectivity index (χ1n) is 10.9. The first-order chi connectivity index (χ1) is 14.5. The normalized spacial score (nSPS) is 24.1. The van der Waals surface area contributed by atoms with E-state index in [9.17, 15) is 9.59 Å². The van der Waals surface area contributed by atoms with Gasteiger partial charge in [0.25, 0.3) is 11.8 Å². The molecule has 30 heavy (non-hydrogen) atoms. The molecular formula is C23H30N4O3. The summed E-state index contributed by atoms with van der Waals surface area (Å²) < 4.78 is 7.64. The maximum absolute atomic E-state index is 12.8. The molecule has 0 spiro atoms. The summed E-state index contributed by atoms with van der Waals surface area (Å²) in [6.07, 6.45) is 7.87. The molecule has 1 aromatic heterocycles. The summed E-state index contributed by atoms with van der Waals surface area (Å²) in [4.78, 5) is 29.2. The van der Waals surface area contributed by atoms with E-state index in [1.807, 2.05) is 26.7 Å². The predicted octanol–water partition coefficient (Wildman–Crippen LogP) is 3.14. The van der Waals surface area contributed by atoms with Crippen LogP contribution in [0.15, 0.2) is 42.7 Å². The van der Waals surface area contributed by atoms with Gasteiger partial charge >= 0.3 is 0 Å². The summed E-state index contributed by atoms with van der Waals surface area (Å²) in [6, 6.07) is 9.74. The number of hydrogen-bond acceptors (Lipinski definition) is 4. The number of aromatic nitrogens is 2. The van der Waals surface area contributed by atoms with Crippen LogP contribution in [0.5, 0.6) is 5.75 Å². The van der Waals surface area contributed by atoms with E-state index in [1.54, 1.807) is 30.5 Å². The molecule has 7 nitrogen and oxygen atoms in total. The molecule has 0 bridgehead atoms. The van der Waals surface area contributed by atoms with Crippen LogP contribution in [0.3, 0.4) is 0 Å². The molecule has 0 saturated carbocycles. The van der Waals surface area contributed by atoms with Crippen molar-refractivity contribution in [3.8, 4) is 5.75 Å². The lowest BCUT2D eigenvalue weighted by atomic mass is 9.97. The summed E-state index contributed by atoms with van der Waals surface area (Å²) in [5.74, 6) is 0.646. The van der Waals surface area contributed by atoms with E-state index in [2.05, 4.69) is 18.9 Å². The van der Waals surface area contributed by atoms with Gasteiger partial charge in [0.2, 0.25) is 0 Å². The van der Waals surface area contributed by atoms with Crippen LogP contribution in [0.2, 0.25) is 0 Å². The van der Waals surface area contributed by atoms with Gasteiger partial charge in [0.05, 0.1) is 6.04 Å². The van der Waals surface area contributed by atoms with Crippen LogP contribution in [0.25, 0.3) is 0 Å². The average molecular weight is 411 g/mol. The summed E-state index contributed by atoms with van der Waals surface area (Å²) in [6.45, 7) is 5.62. The van der Waals surface area contributed by atoms with Crippen LogP contribution in [0.4, 0.5) is 0 Å². The molecule has 2 fully saturated rings. The summed E-state index contributed by atoms with van der Waals surface area (Å²) in [5.41, 5.74) is 0.632. The Morgan fingerprint density at radius 2 is 1.83 bits per heavy atom. The van der Waals surface area contributed by atoms with E-state index in [1.165, 1.54) is 6.42 Å². The maximum atomic E-state index is 12.8. The Kier molecular flexibility index (Phi) is 6.06. The van der Waals surface area contributed by atoms with Crippen LogP contribution >= 0.6 is 0 Å². The lowest BCUT2D eigenvalue weighted by Gasteiger charge is -2.38. The molecule has 0 unspecified atom stereocenters. The molecule has 1 aromatic carbocycles. The summed E-state index contributed by atoms with van der Waals surface area (Å²) in [7, 11) is 0. The Hall–Kier alpha value is -2.83. The highest BCUT2D eigenvalue weighted by molar-refractivity contribution is 5.94. The third kappa shape index (κ3) is 4.35. The van der Waals surface area contributed by atoms with Crippen molar-refractivity contribution >= 4 is 11.8 Å². The van der Waals surface area contributed by atoms with Crippen molar-refractivity contribution in [3.05, 3.63) is 48.3 Å². The van der Waals surface area contributed by atoms with Crippen molar-refractivity contribution in [2.45, 2.75) is 57.7 Å². The minimum absolute atomic E-state index is 0.0169. The van der Waals surface area contributed by atoms with Crippen molar-refractivity contribution in [1.29, 1.82) is 0 Å². The molecule has 2 aliphatic rings. The molecule has 160 valence electrons. The molecule has 2 saturated heterocycles. The Morgan fingerprint density at radius 1 is 1.10 bits per heavy atom. The number of carbonyl (C=O) groups is 2. The molecule has 3 heterocycles. The second-order valence-corrected chi connectivity index (χ2v) is 8.42. The summed E-state index contributed by atoms with van der Waals surface area (Å²) >= 11 is 0. The number of likely N-dealkylation sites (tertiary alicyclic amines) is 2. The average Bonchev–Trinajstić information content (AvgIpc) is 3.44. The molecular weight excluding hydrogens is 380 g/mol. The fourth-order valence-corrected chi connectivity index (χ4v) is 4.65. The van der Waals surface area contributed by atoms with Crippen LogP contribution in [0, 0.1) is 0 Å². The van der Waals surface area contributed by atoms with E-state index in [-0.39, 0.29) is 36.5 Å². The first kappa shape index (κ1) is 20.4. The molecule has 0 N–H and O–H groups in total. The second kappa shape index (κ2) is 8.90. The van der Waals surface area contributed by atoms with Crippen LogP contribution in [-0.4, -0.2) is 63.2 Å². The smallest absolute Gasteiger partial charge is 0.260 e. The lowest BCUT2D eigenvalue weighted by molar-refractivity contribution is -0.139. The van der Waals surface area contributed by atoms with Gasteiger partial charge in [-0.15, -0.1) is 0 Å². The Morgan fingerprint density at radius 3 is 2.50 bits per heavy atom. The number of nitrogens with zero attached hydrogens (tertiary/aromatic N) is 4. The van der Waals surface area contributed by atoms with Crippen molar-refractivity contribution in [1.82, 2.24) is 19.6 Å². The van der Waals surface area contributed by atoms with Gasteiger partial charge in [0, 0.05) is 43.1 Å². The minimum Gasteiger partial charge on any atom is -0.484 e. The fourth-order valence-electron chi connectivity index (χ4n) is 4.65. The van der Waals surface area contributed by atoms with Gasteiger partial charge in [-0.3, -0.25) is 14.3 Å². The SMILES string of the molecule is C[C@@H]1CCC[C@H](C)N1C(=O)COc1ccc(C(=O)N2CC[C@H](n3cccn3)C2)cc1. The van der Waals surface area contributed by atoms with E-state index in [4.69, 9.17) is 4.74 Å². The fraction of sp³-hybridized carbons (Fsp3) is 0.522. The molecule has 0 radical (unpaired) electrons. The van der Waals surface area contributed by atoms with Crippen LogP contribution < -0.4 is 4.74 Å². The summed E-state index contributed by atoms with van der Waals surface area (Å²) in [5, 5.41) is 4.29. The molecule has 2 aromatic rings. The highest BCUT2D eigenvalue weighted by Gasteiger charge is 2.30. The van der Waals surface area contributed by atoms with Crippen molar-refractivity contribution < 1.29 is 14.3 Å². The lowest BCUT2D eigenvalue weighted by Crippen LogP contribution is -2.49. The van der Waals surface area contributed by atoms with E-state index >= 15 is 0 Å². The standard InChI is InChI=1S/C23H30N4O3/c1-17-5-3-6-18(2)27(17)22(28)16-30-21-9-7-19(8-10-21)23(29)25-14-11-20(15-25)26-13-4-12-24-26/h4,7-10,12-13,17-18,20H,3,5-6,11,14-16H2,1-2H3/t17-,18+,20-/m0/s1. The van der Waals surface area contributed by atoms with Gasteiger partial charge < -0.3 is 14.5 Å². The highest BCUT2D eigenvalue weighted by atomic mass is 16.5. The van der Waals surface area contributed by atoms with Gasteiger partial charge in [-0.25, -0.2) is 0 Å². The Balaban J connectivity index is 1.31. The zero-order chi connectivity index (χ0) is 21.1. The maximum Gasteiger partial charge on any atom is 0.260 e. The van der Waals surface area contributed by atoms with E-state index in [0.29, 0.717) is 17.9 Å². The van der Waals surface area contributed by atoms with Gasteiger partial charge in [0.15, 0.2) is 6.61 Å². The number of benzene rings is 1. The van der Waals surface area contributed by atoms with Crippen molar-refractivity contribution in [2.24, 2.45) is 0 Å². The molecule has 2 amide bonds. The third-order valence-electron chi connectivity index (χ3n) is 6.29. The Labute approximate surface area is 177 Å². The van der Waals surface area contributed by atoms with Gasteiger partial charge in [-0.2, -0.15) is 5.10 Å². The second-order valence-electron chi connectivity index (χ2n) is 8.42. The third-order valence-corrected chi connectivity index (χ3v) is 6.29. The van der Waals surface area contributed by atoms with E-state index in [0.717, 1.165) is 25.8 Å². The number of piperidine rings is 1. The van der Waals surface area contributed by atoms with E-state index < -0.39 is 0 Å². The van der Waals surface area contributed by atoms with Crippen LogP contribution in [0.1, 0.15) is 55.9 Å². The monoisotopic (exact) mass is 410 g/mol. The van der Waals surface area contributed by atoms with Gasteiger partial charge in [-0.1, -0.05) is 0 Å². The number of amides is 2. The molecule has 3 atom stereocenters. The number of rotatable bonds is 5. The number of carbonyl (C=O) groups excluding carboxylic acids is 2. The first-order valence-corrected chi connectivity index (χ1v) is 10.9. The minimum atomic E-state index is 0.0169. The largest absolute Gasteiger partial charge is 0.484 e. The van der Waals surface area contributed by atoms with Gasteiger partial charge in [-0.05, 0) is 69.9 Å². The van der Waals surface area contributed by atoms with Gasteiger partial charge in [0.1, 0.15) is 5.75 Å². The van der Waals surface area contributed by atoms with Crippen molar-refractivity contribution in [3.63, 3.8) is 0 Å². The quantitative estimate of drug-likeness (QED) is 0.760. The van der Waals surface area contributed by atoms with Crippen molar-refractivity contribution in [2.75, 3.05) is 19.7 Å². The zero-order valence-electron chi connectivity index (χ0n) is 17.7. The number of hydrogen-bond donors (Lipinski definition) is 0. The molecule has 0 aliphatic carbocycles. The predicted molar refractivity (Wildman–Crippen MR) is 113 cm³/mol. The Bertz CT molecular complexity index is 855. The van der Waals surface area contributed by atoms with Crippen LogP contribution in [-0.2, 0) is 4.79 Å². The topological polar surface area (TPSA) is 67.7 Å². The molecule has 7 heteroatoms.